The summed E-state index contributed by atoms with van der Waals surface area (Å²) in [6, 6.07) is 7.98. The molecule has 3 heterocycles. The molecular formula is C22H24N4O3S2. The maximum absolute atomic E-state index is 11.7. The van der Waals surface area contributed by atoms with Gasteiger partial charge >= 0.3 is 0 Å². The summed E-state index contributed by atoms with van der Waals surface area (Å²) in [4.78, 5) is 26.0. The zero-order valence-corrected chi connectivity index (χ0v) is 19.4. The number of aldehydes is 1. The highest BCUT2D eigenvalue weighted by atomic mass is 32.2. The Morgan fingerprint density at radius 1 is 1.19 bits per heavy atom. The number of nitrogens with zero attached hydrogens (tertiary/aromatic N) is 3. The van der Waals surface area contributed by atoms with E-state index in [-0.39, 0.29) is 24.2 Å². The van der Waals surface area contributed by atoms with E-state index >= 15 is 0 Å². The minimum atomic E-state index is -0.709. The van der Waals surface area contributed by atoms with Crippen molar-refractivity contribution >= 4 is 45.4 Å². The summed E-state index contributed by atoms with van der Waals surface area (Å²) >= 11 is 3.12. The lowest BCUT2D eigenvalue weighted by molar-refractivity contribution is -0.157. The van der Waals surface area contributed by atoms with Crippen molar-refractivity contribution in [1.82, 2.24) is 15.0 Å². The van der Waals surface area contributed by atoms with Gasteiger partial charge in [-0.3, -0.25) is 0 Å². The second-order valence-corrected chi connectivity index (χ2v) is 10.2. The number of hydrogen-bond donors (Lipinski definition) is 1. The fraction of sp³-hybridized carbons (Fsp3) is 0.455. The van der Waals surface area contributed by atoms with Crippen molar-refractivity contribution < 1.29 is 14.3 Å². The first-order valence-corrected chi connectivity index (χ1v) is 12.3. The van der Waals surface area contributed by atoms with Gasteiger partial charge in [0, 0.05) is 5.92 Å². The third kappa shape index (κ3) is 3.73. The average Bonchev–Trinajstić information content (AvgIpc) is 3.38. The number of benzene rings is 1. The van der Waals surface area contributed by atoms with Crippen molar-refractivity contribution in [1.29, 1.82) is 0 Å². The van der Waals surface area contributed by atoms with Gasteiger partial charge in [0.2, 0.25) is 0 Å². The molecule has 31 heavy (non-hydrogen) atoms. The molecule has 2 aliphatic rings. The number of hydrogen-bond acceptors (Lipinski definition) is 9. The van der Waals surface area contributed by atoms with Gasteiger partial charge in [0.15, 0.2) is 10.9 Å². The molecule has 9 heteroatoms. The Balaban J connectivity index is 1.55. The molecule has 0 radical (unpaired) electrons. The van der Waals surface area contributed by atoms with Gasteiger partial charge in [0.05, 0.1) is 33.6 Å². The highest BCUT2D eigenvalue weighted by Gasteiger charge is 2.54. The fourth-order valence-electron chi connectivity index (χ4n) is 4.45. The van der Waals surface area contributed by atoms with Crippen LogP contribution in [0.25, 0.3) is 20.8 Å². The minimum absolute atomic E-state index is 0.0980. The molecule has 1 aliphatic carbocycles. The summed E-state index contributed by atoms with van der Waals surface area (Å²) in [5.41, 5.74) is 2.72. The molecule has 5 rings (SSSR count). The summed E-state index contributed by atoms with van der Waals surface area (Å²) in [5.74, 6) is -0.198. The summed E-state index contributed by atoms with van der Waals surface area (Å²) in [6.45, 7) is 5.76. The fourth-order valence-corrected chi connectivity index (χ4v) is 5.92. The first-order chi connectivity index (χ1) is 14.9. The maximum Gasteiger partial charge on any atom is 0.189 e. The predicted molar refractivity (Wildman–Crippen MR) is 123 cm³/mol. The van der Waals surface area contributed by atoms with Gasteiger partial charge in [-0.05, 0) is 45.6 Å². The predicted octanol–water partition coefficient (Wildman–Crippen LogP) is 4.30. The summed E-state index contributed by atoms with van der Waals surface area (Å²) in [6.07, 6.45) is 3.10. The molecule has 1 saturated heterocycles. The Labute approximate surface area is 189 Å². The van der Waals surface area contributed by atoms with E-state index in [4.69, 9.17) is 19.4 Å². The first kappa shape index (κ1) is 20.8. The maximum atomic E-state index is 11.7. The van der Waals surface area contributed by atoms with Crippen molar-refractivity contribution in [2.24, 2.45) is 5.92 Å². The van der Waals surface area contributed by atoms with Crippen LogP contribution in [0.1, 0.15) is 26.0 Å². The van der Waals surface area contributed by atoms with Crippen LogP contribution in [0.4, 0.5) is 5.82 Å². The van der Waals surface area contributed by atoms with E-state index in [0.29, 0.717) is 11.6 Å². The van der Waals surface area contributed by atoms with Crippen molar-refractivity contribution in [3.8, 4) is 10.6 Å². The number of nitrogens with one attached hydrogen (secondary N) is 1. The van der Waals surface area contributed by atoms with E-state index in [1.165, 1.54) is 11.8 Å². The molecule has 1 N–H and O–H groups in total. The number of carbonyl (C=O) groups is 1. The Morgan fingerprint density at radius 3 is 2.71 bits per heavy atom. The number of ether oxygens (including phenoxy) is 2. The lowest BCUT2D eigenvalue weighted by Gasteiger charge is -2.24. The van der Waals surface area contributed by atoms with Gasteiger partial charge in [-0.2, -0.15) is 0 Å². The molecule has 4 atom stereocenters. The van der Waals surface area contributed by atoms with E-state index in [0.717, 1.165) is 38.6 Å². The molecule has 1 saturated carbocycles. The van der Waals surface area contributed by atoms with Crippen LogP contribution in [0.3, 0.4) is 0 Å². The quantitative estimate of drug-likeness (QED) is 0.345. The van der Waals surface area contributed by atoms with Gasteiger partial charge in [0.1, 0.15) is 23.2 Å². The first-order valence-electron chi connectivity index (χ1n) is 10.2. The normalized spacial score (nSPS) is 26.8. The molecule has 162 valence electrons. The van der Waals surface area contributed by atoms with E-state index < -0.39 is 5.79 Å². The van der Waals surface area contributed by atoms with Crippen molar-refractivity contribution in [2.75, 3.05) is 11.6 Å². The molecule has 4 unspecified atom stereocenters. The zero-order chi connectivity index (χ0) is 21.8. The van der Waals surface area contributed by atoms with Gasteiger partial charge in [0.25, 0.3) is 0 Å². The van der Waals surface area contributed by atoms with Gasteiger partial charge in [-0.1, -0.05) is 23.9 Å². The van der Waals surface area contributed by atoms with Gasteiger partial charge in [-0.15, -0.1) is 11.3 Å². The Morgan fingerprint density at radius 2 is 1.97 bits per heavy atom. The lowest BCUT2D eigenvalue weighted by atomic mass is 10.1. The number of para-hydroxylation sites is 1. The van der Waals surface area contributed by atoms with Crippen LogP contribution in [0.5, 0.6) is 0 Å². The average molecular weight is 457 g/mol. The van der Waals surface area contributed by atoms with E-state index in [9.17, 15) is 4.79 Å². The second-order valence-electron chi connectivity index (χ2n) is 8.36. The molecule has 0 spiro atoms. The second kappa shape index (κ2) is 7.81. The molecule has 2 aromatic heterocycles. The Bertz CT molecular complexity index is 1120. The number of aromatic nitrogens is 3. The van der Waals surface area contributed by atoms with Crippen molar-refractivity contribution in [3.63, 3.8) is 0 Å². The van der Waals surface area contributed by atoms with Crippen LogP contribution in [-0.4, -0.2) is 51.5 Å². The van der Waals surface area contributed by atoms with Gasteiger partial charge < -0.3 is 19.6 Å². The van der Waals surface area contributed by atoms with E-state index in [1.807, 2.05) is 45.2 Å². The molecule has 3 aromatic rings. The minimum Gasteiger partial charge on any atom is -0.364 e. The molecule has 0 bridgehead atoms. The largest absolute Gasteiger partial charge is 0.364 e. The number of fused-ring (bicyclic) bond motifs is 2. The molecule has 0 amide bonds. The smallest absolute Gasteiger partial charge is 0.189 e. The number of rotatable bonds is 5. The summed E-state index contributed by atoms with van der Waals surface area (Å²) in [7, 11) is 0. The van der Waals surface area contributed by atoms with Crippen LogP contribution in [0.15, 0.2) is 29.4 Å². The van der Waals surface area contributed by atoms with Gasteiger partial charge in [-0.25, -0.2) is 15.0 Å². The zero-order valence-electron chi connectivity index (χ0n) is 17.8. The molecule has 7 nitrogen and oxygen atoms in total. The third-order valence-corrected chi connectivity index (χ3v) is 7.37. The number of carbonyl (C=O) groups excluding carboxylic acids is 1. The molecule has 1 aromatic carbocycles. The number of thiazole rings is 1. The van der Waals surface area contributed by atoms with Crippen LogP contribution in [-0.2, 0) is 14.3 Å². The standard InChI is InChI=1S/C22H24N4O3S2/c1-11-16(20-25-13-7-5-6-8-15(13)31-20)19(26-21(23-11)30-4)24-14-9-12(10-27)17-18(14)29-22(2,3)28-17/h5-8,10,12,14,17-18H,9H2,1-4H3,(H,23,24,26). The van der Waals surface area contributed by atoms with Crippen molar-refractivity contribution in [3.05, 3.63) is 30.0 Å². The number of aryl methyl sites for hydroxylation is 1. The monoisotopic (exact) mass is 456 g/mol. The van der Waals surface area contributed by atoms with Crippen LogP contribution in [0, 0.1) is 12.8 Å². The molecule has 1 aliphatic heterocycles. The Kier molecular flexibility index (Phi) is 5.24. The third-order valence-electron chi connectivity index (χ3n) is 5.76. The van der Waals surface area contributed by atoms with Crippen LogP contribution < -0.4 is 5.32 Å². The lowest BCUT2D eigenvalue weighted by Crippen LogP contribution is -2.35. The van der Waals surface area contributed by atoms with Crippen LogP contribution >= 0.6 is 23.1 Å². The highest BCUT2D eigenvalue weighted by Crippen LogP contribution is 2.43. The SMILES string of the molecule is CSc1nc(C)c(-c2nc3ccccc3s2)c(NC2CC(C=O)C3OC(C)(C)OC23)n1. The summed E-state index contributed by atoms with van der Waals surface area (Å²) in [5, 5.41) is 5.14. The molecule has 2 fully saturated rings. The number of thioether (sulfide) groups is 1. The topological polar surface area (TPSA) is 86.2 Å². The van der Waals surface area contributed by atoms with E-state index in [2.05, 4.69) is 16.4 Å². The van der Waals surface area contributed by atoms with Crippen molar-refractivity contribution in [2.45, 2.75) is 56.4 Å². The van der Waals surface area contributed by atoms with Crippen LogP contribution in [0.2, 0.25) is 0 Å². The highest BCUT2D eigenvalue weighted by molar-refractivity contribution is 7.98. The summed E-state index contributed by atoms with van der Waals surface area (Å²) < 4.78 is 13.3. The molecular weight excluding hydrogens is 432 g/mol. The number of anilines is 1. The Hall–Kier alpha value is -2.07. The van der Waals surface area contributed by atoms with E-state index in [1.54, 1.807) is 11.3 Å².